The summed E-state index contributed by atoms with van der Waals surface area (Å²) in [7, 11) is 0. The Balaban J connectivity index is 1.77. The average Bonchev–Trinajstić information content (AvgIpc) is 3.23. The summed E-state index contributed by atoms with van der Waals surface area (Å²) in [6.07, 6.45) is 4.92. The maximum Gasteiger partial charge on any atom is 0.338 e. The van der Waals surface area contributed by atoms with Gasteiger partial charge >= 0.3 is 5.97 Å². The van der Waals surface area contributed by atoms with Gasteiger partial charge in [-0.25, -0.2) is 18.3 Å². The number of carbonyl (C=O) groups excluding carboxylic acids is 1. The van der Waals surface area contributed by atoms with Crippen molar-refractivity contribution in [2.24, 2.45) is 0 Å². The molecule has 2 aliphatic rings. The van der Waals surface area contributed by atoms with Gasteiger partial charge in [0, 0.05) is 11.8 Å². The van der Waals surface area contributed by atoms with E-state index < -0.39 is 23.6 Å². The summed E-state index contributed by atoms with van der Waals surface area (Å²) in [5.41, 5.74) is 1.08. The van der Waals surface area contributed by atoms with Crippen molar-refractivity contribution in [3.63, 3.8) is 0 Å². The van der Waals surface area contributed by atoms with Crippen molar-refractivity contribution < 1.29 is 18.3 Å². The lowest BCUT2D eigenvalue weighted by molar-refractivity contribution is -0.144. The third-order valence-electron chi connectivity index (χ3n) is 4.79. The lowest BCUT2D eigenvalue weighted by Gasteiger charge is -2.29. The van der Waals surface area contributed by atoms with Crippen LogP contribution in [0.4, 0.5) is 14.7 Å². The van der Waals surface area contributed by atoms with E-state index in [0.717, 1.165) is 31.7 Å². The second-order valence-electron chi connectivity index (χ2n) is 6.61. The predicted octanol–water partition coefficient (Wildman–Crippen LogP) is 3.33. The molecule has 1 N–H and O–H groups in total. The molecule has 0 bridgehead atoms. The van der Waals surface area contributed by atoms with E-state index in [4.69, 9.17) is 4.74 Å². The van der Waals surface area contributed by atoms with E-state index in [1.807, 2.05) is 0 Å². The Morgan fingerprint density at radius 1 is 1.23 bits per heavy atom. The van der Waals surface area contributed by atoms with Crippen molar-refractivity contribution in [1.82, 2.24) is 14.8 Å². The maximum atomic E-state index is 13.8. The first-order chi connectivity index (χ1) is 12.5. The molecule has 26 heavy (non-hydrogen) atoms. The zero-order chi connectivity index (χ0) is 18.3. The average molecular weight is 360 g/mol. The van der Waals surface area contributed by atoms with Gasteiger partial charge in [0.1, 0.15) is 30.1 Å². The minimum atomic E-state index is -0.812. The zero-order valence-corrected chi connectivity index (χ0v) is 14.2. The largest absolute Gasteiger partial charge is 0.459 e. The van der Waals surface area contributed by atoms with E-state index >= 15 is 0 Å². The highest BCUT2D eigenvalue weighted by Gasteiger charge is 2.36. The van der Waals surface area contributed by atoms with Crippen molar-refractivity contribution in [3.05, 3.63) is 53.0 Å². The van der Waals surface area contributed by atoms with Crippen LogP contribution in [0.2, 0.25) is 0 Å². The Morgan fingerprint density at radius 2 is 1.92 bits per heavy atom. The Bertz CT molecular complexity index is 867. The van der Waals surface area contributed by atoms with Gasteiger partial charge in [0.2, 0.25) is 5.95 Å². The van der Waals surface area contributed by atoms with Gasteiger partial charge in [-0.15, -0.1) is 0 Å². The Labute approximate surface area is 148 Å². The third-order valence-corrected chi connectivity index (χ3v) is 4.79. The number of ether oxygens (including phenoxy) is 1. The second kappa shape index (κ2) is 6.51. The van der Waals surface area contributed by atoms with Crippen LogP contribution in [0, 0.1) is 11.6 Å². The minimum Gasteiger partial charge on any atom is -0.459 e. The van der Waals surface area contributed by atoms with E-state index in [2.05, 4.69) is 15.4 Å². The van der Waals surface area contributed by atoms with E-state index in [1.165, 1.54) is 23.1 Å². The number of fused-ring (bicyclic) bond motifs is 1. The molecular formula is C18H18F2N4O2. The summed E-state index contributed by atoms with van der Waals surface area (Å²) in [6, 6.07) is 2.37. The first kappa shape index (κ1) is 16.7. The molecule has 1 aliphatic carbocycles. The smallest absolute Gasteiger partial charge is 0.338 e. The Hall–Kier alpha value is -2.77. The number of rotatable bonds is 3. The topological polar surface area (TPSA) is 69.0 Å². The molecule has 1 aromatic carbocycles. The zero-order valence-electron chi connectivity index (χ0n) is 14.2. The van der Waals surface area contributed by atoms with E-state index in [9.17, 15) is 13.6 Å². The van der Waals surface area contributed by atoms with Crippen LogP contribution in [0.15, 0.2) is 35.8 Å². The predicted molar refractivity (Wildman–Crippen MR) is 89.2 cm³/mol. The molecule has 4 rings (SSSR count). The molecule has 0 radical (unpaired) electrons. The molecule has 1 saturated carbocycles. The fraction of sp³-hybridized carbons (Fsp3) is 0.389. The molecular weight excluding hydrogens is 342 g/mol. The number of esters is 1. The second-order valence-corrected chi connectivity index (χ2v) is 6.61. The number of halogens is 2. The molecule has 1 aliphatic heterocycles. The molecule has 6 nitrogen and oxygen atoms in total. The molecule has 0 spiro atoms. The van der Waals surface area contributed by atoms with Gasteiger partial charge in [0.05, 0.1) is 5.57 Å². The highest BCUT2D eigenvalue weighted by molar-refractivity contribution is 5.92. The van der Waals surface area contributed by atoms with Crippen molar-refractivity contribution >= 4 is 11.9 Å². The highest BCUT2D eigenvalue weighted by Crippen LogP contribution is 2.36. The summed E-state index contributed by atoms with van der Waals surface area (Å²) in [6.45, 7) is 1.71. The van der Waals surface area contributed by atoms with Crippen LogP contribution in [-0.4, -0.2) is 26.8 Å². The van der Waals surface area contributed by atoms with Gasteiger partial charge in [-0.3, -0.25) is 0 Å². The summed E-state index contributed by atoms with van der Waals surface area (Å²) >= 11 is 0. The number of nitrogens with one attached hydrogen (secondary N) is 1. The van der Waals surface area contributed by atoms with Crippen LogP contribution in [-0.2, 0) is 9.53 Å². The van der Waals surface area contributed by atoms with Gasteiger partial charge in [-0.05, 0) is 50.3 Å². The fourth-order valence-corrected chi connectivity index (χ4v) is 3.62. The SMILES string of the molecule is CC1=C(C(=O)OC2CCCC2)C(c2cc(F)cc(F)c2)n2ncnc2N1. The normalized spacial score (nSPS) is 20.0. The lowest BCUT2D eigenvalue weighted by atomic mass is 9.95. The maximum absolute atomic E-state index is 13.8. The summed E-state index contributed by atoms with van der Waals surface area (Å²) in [5.74, 6) is -1.55. The molecule has 1 aromatic heterocycles. The van der Waals surface area contributed by atoms with E-state index in [1.54, 1.807) is 6.92 Å². The number of carbonyl (C=O) groups is 1. The number of benzene rings is 1. The van der Waals surface area contributed by atoms with Gasteiger partial charge in [0.25, 0.3) is 0 Å². The van der Waals surface area contributed by atoms with Crippen LogP contribution in [0.3, 0.4) is 0 Å². The molecule has 1 atom stereocenters. The third kappa shape index (κ3) is 2.95. The molecule has 1 fully saturated rings. The van der Waals surface area contributed by atoms with Gasteiger partial charge in [0.15, 0.2) is 0 Å². The van der Waals surface area contributed by atoms with Crippen LogP contribution in [0.5, 0.6) is 0 Å². The van der Waals surface area contributed by atoms with Crippen molar-refractivity contribution in [3.8, 4) is 0 Å². The molecule has 1 unspecified atom stereocenters. The Morgan fingerprint density at radius 3 is 2.62 bits per heavy atom. The fourth-order valence-electron chi connectivity index (χ4n) is 3.62. The van der Waals surface area contributed by atoms with E-state index in [0.29, 0.717) is 11.6 Å². The summed E-state index contributed by atoms with van der Waals surface area (Å²) in [5, 5.41) is 7.13. The lowest BCUT2D eigenvalue weighted by Crippen LogP contribution is -2.31. The van der Waals surface area contributed by atoms with Crippen LogP contribution in [0.1, 0.15) is 44.2 Å². The Kier molecular flexibility index (Phi) is 4.18. The van der Waals surface area contributed by atoms with Crippen molar-refractivity contribution in [1.29, 1.82) is 0 Å². The first-order valence-electron chi connectivity index (χ1n) is 8.57. The van der Waals surface area contributed by atoms with Gasteiger partial charge in [-0.2, -0.15) is 10.1 Å². The number of hydrogen-bond donors (Lipinski definition) is 1. The standard InChI is InChI=1S/C18H18F2N4O2/c1-10-15(17(25)26-14-4-2-3-5-14)16(24-18(23-10)21-9-22-24)11-6-12(19)8-13(20)7-11/h6-9,14,16H,2-5H2,1H3,(H,21,22,23). The highest BCUT2D eigenvalue weighted by atomic mass is 19.1. The number of anilines is 1. The summed E-state index contributed by atoms with van der Waals surface area (Å²) < 4.78 is 34.7. The van der Waals surface area contributed by atoms with Gasteiger partial charge < -0.3 is 10.1 Å². The first-order valence-corrected chi connectivity index (χ1v) is 8.57. The number of aromatic nitrogens is 3. The summed E-state index contributed by atoms with van der Waals surface area (Å²) in [4.78, 5) is 17.0. The molecule has 136 valence electrons. The molecule has 0 saturated heterocycles. The van der Waals surface area contributed by atoms with Crippen LogP contribution < -0.4 is 5.32 Å². The number of nitrogens with zero attached hydrogens (tertiary/aromatic N) is 3. The number of allylic oxidation sites excluding steroid dienone is 1. The van der Waals surface area contributed by atoms with Gasteiger partial charge in [-0.1, -0.05) is 0 Å². The minimum absolute atomic E-state index is 0.121. The van der Waals surface area contributed by atoms with Crippen LogP contribution >= 0.6 is 0 Å². The van der Waals surface area contributed by atoms with Crippen molar-refractivity contribution in [2.45, 2.75) is 44.8 Å². The van der Waals surface area contributed by atoms with Crippen molar-refractivity contribution in [2.75, 3.05) is 5.32 Å². The molecule has 8 heteroatoms. The quantitative estimate of drug-likeness (QED) is 0.851. The molecule has 2 aromatic rings. The monoisotopic (exact) mass is 360 g/mol. The molecule has 0 amide bonds. The van der Waals surface area contributed by atoms with E-state index in [-0.39, 0.29) is 17.2 Å². The molecule has 2 heterocycles. The number of hydrogen-bond acceptors (Lipinski definition) is 5. The van der Waals surface area contributed by atoms with Crippen LogP contribution in [0.25, 0.3) is 0 Å².